The van der Waals surface area contributed by atoms with Crippen LogP contribution in [0.3, 0.4) is 0 Å². The number of halogens is 6. The zero-order chi connectivity index (χ0) is 44.7. The van der Waals surface area contributed by atoms with Crippen molar-refractivity contribution in [3.8, 4) is 17.2 Å². The molecule has 4 aromatic rings. The van der Waals surface area contributed by atoms with Crippen molar-refractivity contribution in [2.45, 2.75) is 77.7 Å². The summed E-state index contributed by atoms with van der Waals surface area (Å²) >= 11 is 0. The number of carbonyl (C=O) groups excluding carboxylic acids is 4. The number of ether oxygens (including phenoxy) is 3. The van der Waals surface area contributed by atoms with Crippen molar-refractivity contribution in [1.29, 1.82) is 0 Å². The lowest BCUT2D eigenvalue weighted by Gasteiger charge is -2.20. The molecule has 59 heavy (non-hydrogen) atoms. The van der Waals surface area contributed by atoms with E-state index in [-0.39, 0.29) is 29.6 Å². The minimum atomic E-state index is -4.51. The summed E-state index contributed by atoms with van der Waals surface area (Å²) in [5, 5.41) is 3.27. The molecule has 10 nitrogen and oxygen atoms in total. The van der Waals surface area contributed by atoms with Crippen molar-refractivity contribution in [2.75, 3.05) is 32.3 Å². The molecule has 0 radical (unpaired) electrons. The van der Waals surface area contributed by atoms with Gasteiger partial charge in [-0.25, -0.2) is 0 Å². The Kier molecular flexibility index (Phi) is 18.1. The summed E-state index contributed by atoms with van der Waals surface area (Å²) in [6.07, 6.45) is -3.62. The van der Waals surface area contributed by atoms with Crippen LogP contribution in [-0.4, -0.2) is 70.1 Å². The topological polar surface area (TPSA) is 124 Å². The van der Waals surface area contributed by atoms with E-state index in [2.05, 4.69) is 16.9 Å². The number of fused-ring (bicyclic) bond motifs is 2. The molecular weight excluding hydrogens is 784 g/mol. The fourth-order valence-electron chi connectivity index (χ4n) is 6.46. The predicted octanol–water partition coefficient (Wildman–Crippen LogP) is 9.31. The first-order valence-corrected chi connectivity index (χ1v) is 18.3. The lowest BCUT2D eigenvalue weighted by molar-refractivity contribution is -0.153. The van der Waals surface area contributed by atoms with Crippen molar-refractivity contribution in [3.05, 3.63) is 94.7 Å². The monoisotopic (exact) mass is 833 g/mol. The highest BCUT2D eigenvalue weighted by atomic mass is 19.4. The Bertz CT molecular complexity index is 2060. The number of aryl methyl sites for hydroxylation is 2. The maximum atomic E-state index is 13.5. The van der Waals surface area contributed by atoms with Crippen molar-refractivity contribution in [1.82, 2.24) is 10.3 Å². The van der Waals surface area contributed by atoms with Crippen molar-refractivity contribution >= 4 is 48.1 Å². The van der Waals surface area contributed by atoms with Crippen LogP contribution in [0.15, 0.2) is 61.3 Å². The van der Waals surface area contributed by atoms with Gasteiger partial charge in [-0.1, -0.05) is 50.8 Å². The molecular formula is C43H49F6N3O7. The van der Waals surface area contributed by atoms with Crippen molar-refractivity contribution in [2.24, 2.45) is 0 Å². The summed E-state index contributed by atoms with van der Waals surface area (Å²) in [7, 11) is 3.28. The van der Waals surface area contributed by atoms with Gasteiger partial charge in [-0.3, -0.25) is 14.6 Å². The molecule has 2 heterocycles. The molecule has 3 aromatic carbocycles. The number of anilines is 1. The van der Waals surface area contributed by atoms with E-state index in [4.69, 9.17) is 23.8 Å². The zero-order valence-electron chi connectivity index (χ0n) is 33.9. The average molecular weight is 834 g/mol. The second kappa shape index (κ2) is 21.7. The van der Waals surface area contributed by atoms with Gasteiger partial charge in [0, 0.05) is 36.3 Å². The largest absolute Gasteiger partial charge is 0.496 e. The van der Waals surface area contributed by atoms with Gasteiger partial charge >= 0.3 is 12.4 Å². The Morgan fingerprint density at radius 1 is 0.949 bits per heavy atom. The lowest BCUT2D eigenvalue weighted by atomic mass is 9.93. The van der Waals surface area contributed by atoms with E-state index in [1.165, 1.54) is 6.20 Å². The lowest BCUT2D eigenvalue weighted by Crippen LogP contribution is -2.32. The first kappa shape index (κ1) is 49.2. The Labute approximate surface area is 339 Å². The van der Waals surface area contributed by atoms with Crippen molar-refractivity contribution < 1.29 is 59.7 Å². The number of rotatable bonds is 10. The van der Waals surface area contributed by atoms with Gasteiger partial charge in [0.15, 0.2) is 12.4 Å². The first-order chi connectivity index (χ1) is 28.0. The van der Waals surface area contributed by atoms with Crippen LogP contribution < -0.4 is 24.4 Å². The molecule has 0 unspecified atom stereocenters. The van der Waals surface area contributed by atoms with Crippen LogP contribution in [0.25, 0.3) is 17.0 Å². The normalized spacial score (nSPS) is 13.4. The molecule has 1 fully saturated rings. The smallest absolute Gasteiger partial charge is 0.422 e. The summed E-state index contributed by atoms with van der Waals surface area (Å²) in [4.78, 5) is 47.4. The molecule has 2 aliphatic rings. The fourth-order valence-corrected chi connectivity index (χ4v) is 6.46. The Morgan fingerprint density at radius 2 is 1.58 bits per heavy atom. The molecule has 1 saturated carbocycles. The third kappa shape index (κ3) is 11.8. The number of carbonyl (C=O) groups is 4. The number of aromatic nitrogens is 1. The molecule has 320 valence electrons. The summed E-state index contributed by atoms with van der Waals surface area (Å²) < 4.78 is 87.4. The molecule has 1 aliphatic heterocycles. The molecule has 1 aliphatic carbocycles. The molecule has 6 rings (SSSR count). The van der Waals surface area contributed by atoms with Crippen LogP contribution in [0, 0.1) is 6.92 Å². The minimum Gasteiger partial charge on any atom is -0.496 e. The van der Waals surface area contributed by atoms with Gasteiger partial charge in [0.05, 0.1) is 36.8 Å². The fraction of sp³-hybridized carbons (Fsp3) is 0.372. The second-order valence-electron chi connectivity index (χ2n) is 12.9. The van der Waals surface area contributed by atoms with Crippen LogP contribution in [0.4, 0.5) is 32.0 Å². The first-order valence-electron chi connectivity index (χ1n) is 18.3. The maximum Gasteiger partial charge on any atom is 0.422 e. The second-order valence-corrected chi connectivity index (χ2v) is 12.9. The van der Waals surface area contributed by atoms with Gasteiger partial charge in [0.1, 0.15) is 30.6 Å². The molecule has 0 atom stereocenters. The standard InChI is InChI=1S/C24H21F3N2O2.C14H19NO3.C3H5F3.2CH2O/c1-4-15-8-9-19(14(3)11-15)29-12-18-20(23(29)30)16(5-2)17-7-6-10-28-21(17)22(18)31-13-24(25,26)27;1-4-18-11-7-5-6-10(17-3)12(11)14(8-9-14)13(16)15-2;1-2-3(4,5)6;2*1-2/h5-11H,2,4,12-13H2,1,3H3;5-7H,4,8-9H2,1-3H3,(H,15,16);2H2,1H3;2*1H2. The average Bonchev–Trinajstić information content (AvgIpc) is 3.97. The van der Waals surface area contributed by atoms with E-state index in [1.807, 2.05) is 70.7 Å². The molecule has 0 bridgehead atoms. The summed E-state index contributed by atoms with van der Waals surface area (Å²) in [5.41, 5.74) is 4.73. The Balaban J connectivity index is 0.000000361. The number of methoxy groups -OCH3 is 1. The summed E-state index contributed by atoms with van der Waals surface area (Å²) in [6, 6.07) is 14.9. The number of hydrogen-bond donors (Lipinski definition) is 1. The molecule has 1 N–H and O–H groups in total. The summed E-state index contributed by atoms with van der Waals surface area (Å²) in [6.45, 7) is 14.0. The van der Waals surface area contributed by atoms with Crippen molar-refractivity contribution in [3.63, 3.8) is 0 Å². The number of nitrogens with one attached hydrogen (secondary N) is 1. The van der Waals surface area contributed by atoms with Gasteiger partial charge in [-0.15, -0.1) is 0 Å². The number of hydrogen-bond acceptors (Lipinski definition) is 8. The van der Waals surface area contributed by atoms with Crippen LogP contribution in [0.1, 0.15) is 78.2 Å². The van der Waals surface area contributed by atoms with E-state index < -0.39 is 30.8 Å². The van der Waals surface area contributed by atoms with Crippen LogP contribution in [-0.2, 0) is 32.8 Å². The van der Waals surface area contributed by atoms with Gasteiger partial charge < -0.3 is 34.0 Å². The number of nitrogens with zero attached hydrogens (tertiary/aromatic N) is 2. The van der Waals surface area contributed by atoms with Crippen LogP contribution >= 0.6 is 0 Å². The van der Waals surface area contributed by atoms with E-state index in [0.717, 1.165) is 54.4 Å². The van der Waals surface area contributed by atoms with Gasteiger partial charge in [-0.05, 0) is 74.1 Å². The highest BCUT2D eigenvalue weighted by Crippen LogP contribution is 2.55. The number of likely N-dealkylation sites (N-methyl/N-ethyl adjacent to an activating group) is 1. The predicted molar refractivity (Wildman–Crippen MR) is 214 cm³/mol. The maximum absolute atomic E-state index is 13.5. The van der Waals surface area contributed by atoms with E-state index in [9.17, 15) is 35.9 Å². The number of pyridine rings is 1. The van der Waals surface area contributed by atoms with Crippen LogP contribution in [0.5, 0.6) is 17.2 Å². The third-order valence-electron chi connectivity index (χ3n) is 9.28. The molecule has 0 saturated heterocycles. The quantitative estimate of drug-likeness (QED) is 0.157. The van der Waals surface area contributed by atoms with E-state index in [0.29, 0.717) is 34.4 Å². The summed E-state index contributed by atoms with van der Waals surface area (Å²) in [5.74, 6) is 1.21. The number of benzene rings is 3. The third-order valence-corrected chi connectivity index (χ3v) is 9.28. The SMILES string of the molecule is C=Cc1c2c(c(OCC(F)(F)F)c3ncccc13)CN(c1ccc(CC)cc1C)C2=O.C=O.C=O.CCC(F)(F)F.CCOc1cccc(OC)c1C1(C(=O)NC)CC1. The highest BCUT2D eigenvalue weighted by Gasteiger charge is 2.54. The van der Waals surface area contributed by atoms with Crippen LogP contribution in [0.2, 0.25) is 0 Å². The Hall–Kier alpha value is -5.93. The highest BCUT2D eigenvalue weighted by molar-refractivity contribution is 6.17. The van der Waals surface area contributed by atoms with E-state index in [1.54, 1.807) is 37.3 Å². The minimum absolute atomic E-state index is 0.00722. The molecule has 2 amide bonds. The van der Waals surface area contributed by atoms with E-state index >= 15 is 0 Å². The zero-order valence-corrected chi connectivity index (χ0v) is 33.9. The molecule has 0 spiro atoms. The van der Waals surface area contributed by atoms with Gasteiger partial charge in [0.2, 0.25) is 5.91 Å². The molecule has 1 aromatic heterocycles. The number of amides is 2. The van der Waals surface area contributed by atoms with Gasteiger partial charge in [0.25, 0.3) is 5.91 Å². The molecule has 16 heteroatoms. The van der Waals surface area contributed by atoms with Gasteiger partial charge in [-0.2, -0.15) is 26.3 Å². The Morgan fingerprint density at radius 3 is 2.07 bits per heavy atom. The number of alkyl halides is 6.